The number of aliphatic carboxylic acids is 1. The average molecular weight is 418 g/mol. The van der Waals surface area contributed by atoms with Gasteiger partial charge >= 0.3 is 12.1 Å². The summed E-state index contributed by atoms with van der Waals surface area (Å²) in [5.74, 6) is -2.93. The Kier molecular flexibility index (Phi) is 7.29. The van der Waals surface area contributed by atoms with Crippen LogP contribution in [0, 0.1) is 0 Å². The lowest BCUT2D eigenvalue weighted by atomic mass is 10.2. The molecule has 2 aromatic heterocycles. The van der Waals surface area contributed by atoms with E-state index in [0.717, 1.165) is 35.1 Å². The van der Waals surface area contributed by atoms with E-state index in [1.165, 1.54) is 17.5 Å². The highest BCUT2D eigenvalue weighted by molar-refractivity contribution is 7.17. The summed E-state index contributed by atoms with van der Waals surface area (Å²) >= 11 is 1.49. The quantitative estimate of drug-likeness (QED) is 0.695. The first-order valence-electron chi connectivity index (χ1n) is 7.98. The molecule has 0 aromatic carbocycles. The van der Waals surface area contributed by atoms with Gasteiger partial charge in [0, 0.05) is 12.6 Å². The molecule has 3 rings (SSSR count). The van der Waals surface area contributed by atoms with Crippen LogP contribution >= 0.6 is 11.3 Å². The fourth-order valence-electron chi connectivity index (χ4n) is 2.18. The normalized spacial score (nSPS) is 16.1. The molecule has 0 radical (unpaired) electrons. The Morgan fingerprint density at radius 2 is 2.04 bits per heavy atom. The van der Waals surface area contributed by atoms with Gasteiger partial charge < -0.3 is 20.5 Å². The van der Waals surface area contributed by atoms with Crippen molar-refractivity contribution in [1.82, 2.24) is 20.6 Å². The van der Waals surface area contributed by atoms with Gasteiger partial charge in [-0.05, 0) is 25.1 Å². The maximum absolute atomic E-state index is 12.0. The first-order valence-corrected chi connectivity index (χ1v) is 8.80. The van der Waals surface area contributed by atoms with Crippen LogP contribution in [0.25, 0.3) is 10.6 Å². The van der Waals surface area contributed by atoms with Gasteiger partial charge in [0.05, 0.1) is 30.1 Å². The van der Waals surface area contributed by atoms with E-state index in [1.54, 1.807) is 13.3 Å². The third-order valence-electron chi connectivity index (χ3n) is 3.56. The number of carboxylic acids is 1. The number of alkyl halides is 3. The maximum atomic E-state index is 12.0. The van der Waals surface area contributed by atoms with Crippen molar-refractivity contribution in [3.63, 3.8) is 0 Å². The summed E-state index contributed by atoms with van der Waals surface area (Å²) in [6.45, 7) is 1.75. The number of hydrogen-bond acceptors (Lipinski definition) is 7. The van der Waals surface area contributed by atoms with E-state index in [1.807, 2.05) is 12.1 Å². The topological polar surface area (TPSA) is 113 Å². The molecule has 1 saturated heterocycles. The SMILES string of the molecule is COc1ccc(-c2cnc(C(=O)NC3CCNC3)cn2)s1.O=C(O)C(F)(F)F. The maximum Gasteiger partial charge on any atom is 0.490 e. The van der Waals surface area contributed by atoms with Crippen LogP contribution in [-0.2, 0) is 4.79 Å². The number of methoxy groups -OCH3 is 1. The number of carbonyl (C=O) groups is 2. The molecule has 0 bridgehead atoms. The van der Waals surface area contributed by atoms with Crippen molar-refractivity contribution in [3.8, 4) is 15.6 Å². The number of amides is 1. The minimum Gasteiger partial charge on any atom is -0.487 e. The molecule has 8 nitrogen and oxygen atoms in total. The molecular weight excluding hydrogens is 401 g/mol. The lowest BCUT2D eigenvalue weighted by Crippen LogP contribution is -2.36. The van der Waals surface area contributed by atoms with Crippen LogP contribution in [0.15, 0.2) is 24.5 Å². The number of aromatic nitrogens is 2. The Morgan fingerprint density at radius 3 is 2.50 bits per heavy atom. The van der Waals surface area contributed by atoms with Crippen LogP contribution in [0.1, 0.15) is 16.9 Å². The average Bonchev–Trinajstić information content (AvgIpc) is 3.33. The van der Waals surface area contributed by atoms with Crippen molar-refractivity contribution in [3.05, 3.63) is 30.2 Å². The highest BCUT2D eigenvalue weighted by atomic mass is 32.1. The molecule has 1 unspecified atom stereocenters. The lowest BCUT2D eigenvalue weighted by Gasteiger charge is -2.10. The summed E-state index contributed by atoms with van der Waals surface area (Å²) in [7, 11) is 1.63. The zero-order chi connectivity index (χ0) is 20.7. The van der Waals surface area contributed by atoms with Crippen LogP contribution in [0.3, 0.4) is 0 Å². The molecule has 1 atom stereocenters. The molecule has 3 N–H and O–H groups in total. The standard InChI is InChI=1S/C14H16N4O2S.C2HF3O2/c1-20-13-3-2-12(21-13)10-7-17-11(8-16-10)14(19)18-9-4-5-15-6-9;3-2(4,5)1(6)7/h2-3,7-9,15H,4-6H2,1H3,(H,18,19);(H,6,7). The van der Waals surface area contributed by atoms with Crippen LogP contribution in [0.4, 0.5) is 13.2 Å². The molecule has 1 aliphatic heterocycles. The number of ether oxygens (including phenoxy) is 1. The van der Waals surface area contributed by atoms with Crippen LogP contribution in [0.5, 0.6) is 5.06 Å². The van der Waals surface area contributed by atoms with Gasteiger partial charge in [0.25, 0.3) is 5.91 Å². The van der Waals surface area contributed by atoms with E-state index in [-0.39, 0.29) is 11.9 Å². The van der Waals surface area contributed by atoms with Crippen molar-refractivity contribution < 1.29 is 32.6 Å². The molecule has 1 aliphatic rings. The predicted octanol–water partition coefficient (Wildman–Crippen LogP) is 1.94. The van der Waals surface area contributed by atoms with Crippen LogP contribution in [0.2, 0.25) is 0 Å². The van der Waals surface area contributed by atoms with E-state index in [0.29, 0.717) is 5.69 Å². The Morgan fingerprint density at radius 1 is 1.32 bits per heavy atom. The largest absolute Gasteiger partial charge is 0.490 e. The van der Waals surface area contributed by atoms with Gasteiger partial charge in [0.15, 0.2) is 5.06 Å². The third-order valence-corrected chi connectivity index (χ3v) is 4.63. The second-order valence-corrected chi connectivity index (χ2v) is 6.62. The van der Waals surface area contributed by atoms with Crippen LogP contribution in [-0.4, -0.2) is 59.4 Å². The minimum atomic E-state index is -5.08. The molecule has 1 amide bonds. The number of carboxylic acid groups (broad SMARTS) is 1. The van der Waals surface area contributed by atoms with Crippen molar-refractivity contribution in [1.29, 1.82) is 0 Å². The number of hydrogen-bond donors (Lipinski definition) is 3. The van der Waals surface area contributed by atoms with E-state index in [4.69, 9.17) is 14.6 Å². The van der Waals surface area contributed by atoms with Gasteiger partial charge in [-0.1, -0.05) is 11.3 Å². The van der Waals surface area contributed by atoms with Gasteiger partial charge in [-0.2, -0.15) is 13.2 Å². The Balaban J connectivity index is 0.000000345. The summed E-state index contributed by atoms with van der Waals surface area (Å²) in [5, 5.41) is 14.1. The molecule has 152 valence electrons. The number of rotatable bonds is 4. The number of nitrogens with one attached hydrogen (secondary N) is 2. The third kappa shape index (κ3) is 6.16. The van der Waals surface area contributed by atoms with Crippen LogP contribution < -0.4 is 15.4 Å². The van der Waals surface area contributed by atoms with Gasteiger partial charge in [0.1, 0.15) is 5.69 Å². The first-order chi connectivity index (χ1) is 13.2. The zero-order valence-electron chi connectivity index (χ0n) is 14.6. The van der Waals surface area contributed by atoms with Crippen molar-refractivity contribution in [2.75, 3.05) is 20.2 Å². The lowest BCUT2D eigenvalue weighted by molar-refractivity contribution is -0.192. The van der Waals surface area contributed by atoms with E-state index in [9.17, 15) is 18.0 Å². The second kappa shape index (κ2) is 9.46. The van der Waals surface area contributed by atoms with E-state index < -0.39 is 12.1 Å². The molecule has 12 heteroatoms. The summed E-state index contributed by atoms with van der Waals surface area (Å²) in [5.41, 5.74) is 1.08. The monoisotopic (exact) mass is 418 g/mol. The number of carbonyl (C=O) groups excluding carboxylic acids is 1. The Labute approximate surface area is 161 Å². The van der Waals surface area contributed by atoms with Crippen molar-refractivity contribution >= 4 is 23.2 Å². The van der Waals surface area contributed by atoms with Gasteiger partial charge in [0.2, 0.25) is 0 Å². The highest BCUT2D eigenvalue weighted by Crippen LogP contribution is 2.31. The molecule has 0 spiro atoms. The number of halogens is 3. The Hall–Kier alpha value is -2.73. The zero-order valence-corrected chi connectivity index (χ0v) is 15.4. The number of nitrogens with zero attached hydrogens (tertiary/aromatic N) is 2. The molecule has 0 saturated carbocycles. The Bertz CT molecular complexity index is 805. The van der Waals surface area contributed by atoms with Gasteiger partial charge in [-0.3, -0.25) is 9.78 Å². The van der Waals surface area contributed by atoms with E-state index in [2.05, 4.69) is 20.6 Å². The predicted molar refractivity (Wildman–Crippen MR) is 94.3 cm³/mol. The fraction of sp³-hybridized carbons (Fsp3) is 0.375. The van der Waals surface area contributed by atoms with Gasteiger partial charge in [-0.25, -0.2) is 9.78 Å². The summed E-state index contributed by atoms with van der Waals surface area (Å²) in [4.78, 5) is 30.4. The van der Waals surface area contributed by atoms with Crippen molar-refractivity contribution in [2.24, 2.45) is 0 Å². The number of thiophene rings is 1. The van der Waals surface area contributed by atoms with E-state index >= 15 is 0 Å². The molecule has 1 fully saturated rings. The minimum absolute atomic E-state index is 0.175. The highest BCUT2D eigenvalue weighted by Gasteiger charge is 2.38. The summed E-state index contributed by atoms with van der Waals surface area (Å²) in [6.07, 6.45) is -1.00. The summed E-state index contributed by atoms with van der Waals surface area (Å²) < 4.78 is 36.9. The van der Waals surface area contributed by atoms with Crippen molar-refractivity contribution in [2.45, 2.75) is 18.6 Å². The summed E-state index contributed by atoms with van der Waals surface area (Å²) in [6, 6.07) is 3.99. The molecule has 28 heavy (non-hydrogen) atoms. The fourth-order valence-corrected chi connectivity index (χ4v) is 2.96. The molecule has 3 heterocycles. The first kappa shape index (κ1) is 21.6. The molecule has 0 aliphatic carbocycles. The smallest absolute Gasteiger partial charge is 0.487 e. The second-order valence-electron chi connectivity index (χ2n) is 5.58. The molecular formula is C16H17F3N4O4S. The molecule has 2 aromatic rings. The van der Waals surface area contributed by atoms with Gasteiger partial charge in [-0.15, -0.1) is 0 Å².